The monoisotopic (exact) mass is 291 g/mol. The molecule has 4 heteroatoms. The van der Waals surface area contributed by atoms with Crippen LogP contribution in [-0.2, 0) is 6.54 Å². The zero-order valence-corrected chi connectivity index (χ0v) is 12.2. The highest BCUT2D eigenvalue weighted by atomic mass is 35.5. The molecular formula is C16H18ClNO2. The number of hydrogen-bond acceptors (Lipinski definition) is 3. The normalized spacial score (nSPS) is 10.3. The van der Waals surface area contributed by atoms with Gasteiger partial charge in [0.05, 0.1) is 6.61 Å². The summed E-state index contributed by atoms with van der Waals surface area (Å²) in [4.78, 5) is 0. The highest BCUT2D eigenvalue weighted by Crippen LogP contribution is 2.35. The SMILES string of the molecule is CCCOc1ccccc1Oc1cccc(Cl)c1CN. The van der Waals surface area contributed by atoms with Crippen molar-refractivity contribution in [2.24, 2.45) is 5.73 Å². The van der Waals surface area contributed by atoms with E-state index in [1.165, 1.54) is 0 Å². The standard InChI is InChI=1S/C16H18ClNO2/c1-2-10-19-15-7-3-4-8-16(15)20-14-9-5-6-13(17)12(14)11-18/h3-9H,2,10-11,18H2,1H3. The summed E-state index contributed by atoms with van der Waals surface area (Å²) in [6.07, 6.45) is 0.944. The Bertz CT molecular complexity index is 572. The van der Waals surface area contributed by atoms with Crippen LogP contribution in [0.2, 0.25) is 5.02 Å². The van der Waals surface area contributed by atoms with Gasteiger partial charge in [-0.25, -0.2) is 0 Å². The topological polar surface area (TPSA) is 44.5 Å². The van der Waals surface area contributed by atoms with E-state index in [0.717, 1.165) is 17.7 Å². The molecule has 0 radical (unpaired) electrons. The van der Waals surface area contributed by atoms with Gasteiger partial charge in [-0.2, -0.15) is 0 Å². The van der Waals surface area contributed by atoms with Crippen molar-refractivity contribution < 1.29 is 9.47 Å². The van der Waals surface area contributed by atoms with Gasteiger partial charge >= 0.3 is 0 Å². The summed E-state index contributed by atoms with van der Waals surface area (Å²) in [5, 5.41) is 0.608. The van der Waals surface area contributed by atoms with Gasteiger partial charge in [0.2, 0.25) is 0 Å². The first-order chi connectivity index (χ1) is 9.76. The predicted octanol–water partition coefficient (Wildman–Crippen LogP) is 4.38. The summed E-state index contributed by atoms with van der Waals surface area (Å²) in [6.45, 7) is 3.04. The minimum absolute atomic E-state index is 0.326. The summed E-state index contributed by atoms with van der Waals surface area (Å²) in [7, 11) is 0. The lowest BCUT2D eigenvalue weighted by atomic mass is 10.2. The minimum Gasteiger partial charge on any atom is -0.490 e. The van der Waals surface area contributed by atoms with Crippen LogP contribution in [0.15, 0.2) is 42.5 Å². The number of ether oxygens (including phenoxy) is 2. The Hall–Kier alpha value is -1.71. The van der Waals surface area contributed by atoms with E-state index in [9.17, 15) is 0 Å². The Morgan fingerprint density at radius 3 is 2.40 bits per heavy atom. The molecule has 0 saturated heterocycles. The molecule has 0 fully saturated rings. The fraction of sp³-hybridized carbons (Fsp3) is 0.250. The molecule has 0 heterocycles. The van der Waals surface area contributed by atoms with E-state index < -0.39 is 0 Å². The van der Waals surface area contributed by atoms with Crippen LogP contribution in [0, 0.1) is 0 Å². The van der Waals surface area contributed by atoms with Crippen molar-refractivity contribution in [3.05, 3.63) is 53.1 Å². The summed E-state index contributed by atoms with van der Waals surface area (Å²) >= 11 is 6.13. The summed E-state index contributed by atoms with van der Waals surface area (Å²) in [5.41, 5.74) is 6.52. The van der Waals surface area contributed by atoms with Crippen molar-refractivity contribution in [1.29, 1.82) is 0 Å². The fourth-order valence-corrected chi connectivity index (χ4v) is 2.06. The summed E-state index contributed by atoms with van der Waals surface area (Å²) in [6, 6.07) is 13.1. The van der Waals surface area contributed by atoms with E-state index >= 15 is 0 Å². The Morgan fingerprint density at radius 1 is 1.00 bits per heavy atom. The lowest BCUT2D eigenvalue weighted by molar-refractivity contribution is 0.302. The van der Waals surface area contributed by atoms with Crippen LogP contribution in [0.3, 0.4) is 0 Å². The highest BCUT2D eigenvalue weighted by molar-refractivity contribution is 6.31. The second-order valence-electron chi connectivity index (χ2n) is 4.32. The fourth-order valence-electron chi connectivity index (χ4n) is 1.82. The highest BCUT2D eigenvalue weighted by Gasteiger charge is 2.10. The molecule has 2 N–H and O–H groups in total. The van der Waals surface area contributed by atoms with Crippen LogP contribution in [0.5, 0.6) is 17.2 Å². The average molecular weight is 292 g/mol. The number of nitrogens with two attached hydrogens (primary N) is 1. The minimum atomic E-state index is 0.326. The lowest BCUT2D eigenvalue weighted by Crippen LogP contribution is -2.02. The Kier molecular flexibility index (Phi) is 5.27. The Morgan fingerprint density at radius 2 is 1.70 bits per heavy atom. The second kappa shape index (κ2) is 7.17. The van der Waals surface area contributed by atoms with Crippen molar-refractivity contribution >= 4 is 11.6 Å². The van der Waals surface area contributed by atoms with Gasteiger partial charge in [-0.1, -0.05) is 36.7 Å². The van der Waals surface area contributed by atoms with Gasteiger partial charge in [0.25, 0.3) is 0 Å². The smallest absolute Gasteiger partial charge is 0.169 e. The van der Waals surface area contributed by atoms with Crippen LogP contribution in [-0.4, -0.2) is 6.61 Å². The van der Waals surface area contributed by atoms with Gasteiger partial charge in [-0.3, -0.25) is 0 Å². The summed E-state index contributed by atoms with van der Waals surface area (Å²) < 4.78 is 11.6. The van der Waals surface area contributed by atoms with Gasteiger partial charge < -0.3 is 15.2 Å². The second-order valence-corrected chi connectivity index (χ2v) is 4.73. The third-order valence-electron chi connectivity index (χ3n) is 2.81. The summed E-state index contributed by atoms with van der Waals surface area (Å²) in [5.74, 6) is 2.04. The molecule has 0 aliphatic carbocycles. The van der Waals surface area contributed by atoms with Crippen LogP contribution in [0.1, 0.15) is 18.9 Å². The molecular weight excluding hydrogens is 274 g/mol. The largest absolute Gasteiger partial charge is 0.490 e. The van der Waals surface area contributed by atoms with E-state index in [4.69, 9.17) is 26.8 Å². The maximum Gasteiger partial charge on any atom is 0.169 e. The van der Waals surface area contributed by atoms with Gasteiger partial charge in [-0.05, 0) is 30.7 Å². The number of para-hydroxylation sites is 2. The van der Waals surface area contributed by atoms with Crippen molar-refractivity contribution in [3.8, 4) is 17.2 Å². The van der Waals surface area contributed by atoms with E-state index in [2.05, 4.69) is 6.92 Å². The van der Waals surface area contributed by atoms with E-state index in [-0.39, 0.29) is 0 Å². The van der Waals surface area contributed by atoms with Crippen LogP contribution in [0.25, 0.3) is 0 Å². The third kappa shape index (κ3) is 3.44. The molecule has 2 rings (SSSR count). The molecule has 0 aromatic heterocycles. The maximum atomic E-state index is 6.13. The van der Waals surface area contributed by atoms with Crippen molar-refractivity contribution in [3.63, 3.8) is 0 Å². The van der Waals surface area contributed by atoms with Gasteiger partial charge in [-0.15, -0.1) is 0 Å². The molecule has 2 aromatic rings. The number of rotatable bonds is 6. The number of benzene rings is 2. The molecule has 0 aliphatic heterocycles. The molecule has 2 aromatic carbocycles. The van der Waals surface area contributed by atoms with Crippen molar-refractivity contribution in [1.82, 2.24) is 0 Å². The van der Waals surface area contributed by atoms with E-state index in [0.29, 0.717) is 29.7 Å². The zero-order chi connectivity index (χ0) is 14.4. The van der Waals surface area contributed by atoms with Crippen LogP contribution < -0.4 is 15.2 Å². The molecule has 0 spiro atoms. The van der Waals surface area contributed by atoms with Gasteiger partial charge in [0.1, 0.15) is 5.75 Å². The molecule has 0 saturated carbocycles. The van der Waals surface area contributed by atoms with Crippen molar-refractivity contribution in [2.45, 2.75) is 19.9 Å². The van der Waals surface area contributed by atoms with Crippen LogP contribution >= 0.6 is 11.6 Å². The zero-order valence-electron chi connectivity index (χ0n) is 11.4. The van der Waals surface area contributed by atoms with Crippen LogP contribution in [0.4, 0.5) is 0 Å². The Labute approximate surface area is 124 Å². The molecule has 0 atom stereocenters. The maximum absolute atomic E-state index is 6.13. The van der Waals surface area contributed by atoms with Gasteiger partial charge in [0.15, 0.2) is 11.5 Å². The third-order valence-corrected chi connectivity index (χ3v) is 3.16. The van der Waals surface area contributed by atoms with Gasteiger partial charge in [0, 0.05) is 17.1 Å². The molecule has 0 amide bonds. The first-order valence-electron chi connectivity index (χ1n) is 6.63. The molecule has 20 heavy (non-hydrogen) atoms. The molecule has 0 bridgehead atoms. The first kappa shape index (κ1) is 14.7. The lowest BCUT2D eigenvalue weighted by Gasteiger charge is -2.14. The molecule has 106 valence electrons. The molecule has 3 nitrogen and oxygen atoms in total. The van der Waals surface area contributed by atoms with E-state index in [1.807, 2.05) is 36.4 Å². The first-order valence-corrected chi connectivity index (χ1v) is 7.01. The predicted molar refractivity (Wildman–Crippen MR) is 81.6 cm³/mol. The number of hydrogen-bond donors (Lipinski definition) is 1. The van der Waals surface area contributed by atoms with Crippen molar-refractivity contribution in [2.75, 3.05) is 6.61 Å². The van der Waals surface area contributed by atoms with E-state index in [1.54, 1.807) is 6.07 Å². The quantitative estimate of drug-likeness (QED) is 0.859. The number of halogens is 1. The Balaban J connectivity index is 2.28. The average Bonchev–Trinajstić information content (AvgIpc) is 2.47. The molecule has 0 unspecified atom stereocenters. The molecule has 0 aliphatic rings.